The molecule has 1 unspecified atom stereocenters. The molecule has 1 aliphatic rings. The van der Waals surface area contributed by atoms with Gasteiger partial charge in [0.2, 0.25) is 0 Å². The minimum atomic E-state index is -0.389. The molecule has 0 fully saturated rings. The molecule has 0 radical (unpaired) electrons. The van der Waals surface area contributed by atoms with E-state index in [2.05, 4.69) is 20.4 Å². The molecule has 0 saturated carbocycles. The smallest absolute Gasteiger partial charge is 0.254 e. The third-order valence-electron chi connectivity index (χ3n) is 4.61. The van der Waals surface area contributed by atoms with Crippen molar-refractivity contribution >= 4 is 17.4 Å². The van der Waals surface area contributed by atoms with E-state index in [1.807, 2.05) is 11.5 Å². The van der Waals surface area contributed by atoms with Crippen LogP contribution in [0.4, 0.5) is 4.39 Å². The van der Waals surface area contributed by atoms with Gasteiger partial charge in [0.1, 0.15) is 17.7 Å². The van der Waals surface area contributed by atoms with Gasteiger partial charge in [-0.2, -0.15) is 9.64 Å². The van der Waals surface area contributed by atoms with Crippen molar-refractivity contribution in [2.45, 2.75) is 26.4 Å². The summed E-state index contributed by atoms with van der Waals surface area (Å²) < 4.78 is 19.3. The first-order chi connectivity index (χ1) is 13.0. The summed E-state index contributed by atoms with van der Waals surface area (Å²) >= 11 is 1.24. The van der Waals surface area contributed by atoms with Crippen molar-refractivity contribution in [3.8, 4) is 16.9 Å². The van der Waals surface area contributed by atoms with Crippen LogP contribution in [-0.4, -0.2) is 36.3 Å². The molecule has 4 rings (SSSR count). The lowest BCUT2D eigenvalue weighted by Crippen LogP contribution is -2.41. The minimum absolute atomic E-state index is 0.202. The second-order valence-corrected chi connectivity index (χ2v) is 7.01. The molecule has 3 aromatic rings. The fourth-order valence-electron chi connectivity index (χ4n) is 3.33. The van der Waals surface area contributed by atoms with Crippen molar-refractivity contribution in [3.05, 3.63) is 52.9 Å². The fraction of sp³-hybridized carbons (Fsp3) is 0.278. The highest BCUT2D eigenvalue weighted by Gasteiger charge is 2.34. The number of rotatable bonds is 2. The van der Waals surface area contributed by atoms with E-state index in [1.165, 1.54) is 35.8 Å². The van der Waals surface area contributed by atoms with Crippen molar-refractivity contribution < 1.29 is 9.18 Å². The molecule has 136 valence electrons. The summed E-state index contributed by atoms with van der Waals surface area (Å²) in [5, 5.41) is 10.2. The minimum Gasteiger partial charge on any atom is -0.328 e. The van der Waals surface area contributed by atoms with Gasteiger partial charge in [-0.3, -0.25) is 4.79 Å². The zero-order valence-electron chi connectivity index (χ0n) is 14.7. The van der Waals surface area contributed by atoms with Crippen molar-refractivity contribution in [2.24, 2.45) is 0 Å². The van der Waals surface area contributed by atoms with Gasteiger partial charge in [0.05, 0.1) is 11.7 Å². The Morgan fingerprint density at radius 1 is 1.30 bits per heavy atom. The highest BCUT2D eigenvalue weighted by atomic mass is 32.1. The molecule has 0 saturated heterocycles. The average molecular weight is 382 g/mol. The first-order valence-corrected chi connectivity index (χ1v) is 9.14. The number of aryl methyl sites for hydroxylation is 1. The standard InChI is InChI=1S/C18H15FN6OS/c1-10-15-14(9-20)22-16(17-21-11(2)23-27-17)25(15)8-7-24(10)18(26)12-3-5-13(19)6-4-12/h3-6,10H,7-8H2,1-2H3. The molecule has 1 aliphatic heterocycles. The predicted molar refractivity (Wildman–Crippen MR) is 96.4 cm³/mol. The Bertz CT molecular complexity index is 1060. The van der Waals surface area contributed by atoms with Gasteiger partial charge in [-0.05, 0) is 49.6 Å². The number of halogens is 1. The van der Waals surface area contributed by atoms with E-state index in [0.29, 0.717) is 41.0 Å². The fourth-order valence-corrected chi connectivity index (χ4v) is 4.00. The lowest BCUT2D eigenvalue weighted by molar-refractivity contribution is 0.0644. The van der Waals surface area contributed by atoms with E-state index < -0.39 is 0 Å². The third-order valence-corrected chi connectivity index (χ3v) is 5.41. The van der Waals surface area contributed by atoms with Gasteiger partial charge in [-0.15, -0.1) is 0 Å². The summed E-state index contributed by atoms with van der Waals surface area (Å²) in [5.74, 6) is 0.669. The maximum Gasteiger partial charge on any atom is 0.254 e. The molecule has 1 aromatic carbocycles. The molecule has 2 aromatic heterocycles. The van der Waals surface area contributed by atoms with E-state index in [0.717, 1.165) is 0 Å². The molecule has 0 aliphatic carbocycles. The van der Waals surface area contributed by atoms with Crippen LogP contribution in [0.15, 0.2) is 24.3 Å². The number of amides is 1. The van der Waals surface area contributed by atoms with Gasteiger partial charge in [0.25, 0.3) is 5.91 Å². The molecule has 0 N–H and O–H groups in total. The van der Waals surface area contributed by atoms with E-state index in [4.69, 9.17) is 0 Å². The summed E-state index contributed by atoms with van der Waals surface area (Å²) in [6, 6.07) is 7.25. The van der Waals surface area contributed by atoms with Gasteiger partial charge in [-0.1, -0.05) is 0 Å². The topological polar surface area (TPSA) is 87.7 Å². The normalized spacial score (nSPS) is 16.1. The van der Waals surface area contributed by atoms with Crippen LogP contribution in [0.1, 0.15) is 40.5 Å². The molecule has 7 nitrogen and oxygen atoms in total. The van der Waals surface area contributed by atoms with Crippen LogP contribution in [0.5, 0.6) is 0 Å². The first-order valence-electron chi connectivity index (χ1n) is 8.37. The van der Waals surface area contributed by atoms with Crippen molar-refractivity contribution in [2.75, 3.05) is 6.54 Å². The van der Waals surface area contributed by atoms with Crippen LogP contribution in [0.25, 0.3) is 10.8 Å². The number of benzene rings is 1. The van der Waals surface area contributed by atoms with Gasteiger partial charge >= 0.3 is 0 Å². The maximum absolute atomic E-state index is 13.1. The molecule has 9 heteroatoms. The number of hydrogen-bond donors (Lipinski definition) is 0. The molecule has 3 heterocycles. The van der Waals surface area contributed by atoms with Crippen LogP contribution in [-0.2, 0) is 6.54 Å². The molecule has 27 heavy (non-hydrogen) atoms. The number of carbonyl (C=O) groups is 1. The number of nitriles is 1. The monoisotopic (exact) mass is 382 g/mol. The van der Waals surface area contributed by atoms with Gasteiger partial charge < -0.3 is 9.47 Å². The quantitative estimate of drug-likeness (QED) is 0.680. The Kier molecular flexibility index (Phi) is 4.20. The molecule has 0 spiro atoms. The zero-order valence-corrected chi connectivity index (χ0v) is 15.5. The first kappa shape index (κ1) is 17.3. The predicted octanol–water partition coefficient (Wildman–Crippen LogP) is 2.94. The van der Waals surface area contributed by atoms with Crippen LogP contribution < -0.4 is 0 Å². The summed E-state index contributed by atoms with van der Waals surface area (Å²) in [5.41, 5.74) is 1.37. The molecular weight excluding hydrogens is 367 g/mol. The van der Waals surface area contributed by atoms with Crippen LogP contribution in [0.3, 0.4) is 0 Å². The lowest BCUT2D eigenvalue weighted by atomic mass is 10.1. The van der Waals surface area contributed by atoms with E-state index >= 15 is 0 Å². The molecule has 0 bridgehead atoms. The molecule has 1 amide bonds. The highest BCUT2D eigenvalue weighted by Crippen LogP contribution is 2.34. The zero-order chi connectivity index (χ0) is 19.1. The second kappa shape index (κ2) is 6.55. The van der Waals surface area contributed by atoms with Gasteiger partial charge in [0.15, 0.2) is 16.5 Å². The summed E-state index contributed by atoms with van der Waals surface area (Å²) in [7, 11) is 0. The summed E-state index contributed by atoms with van der Waals surface area (Å²) in [6.07, 6.45) is 0. The van der Waals surface area contributed by atoms with Crippen LogP contribution in [0, 0.1) is 24.1 Å². The number of carbonyl (C=O) groups excluding carboxylic acids is 1. The van der Waals surface area contributed by atoms with Gasteiger partial charge in [0, 0.05) is 18.7 Å². The maximum atomic E-state index is 13.1. The van der Waals surface area contributed by atoms with Crippen molar-refractivity contribution in [3.63, 3.8) is 0 Å². The number of imidazole rings is 1. The Balaban J connectivity index is 1.73. The van der Waals surface area contributed by atoms with Crippen LogP contribution in [0.2, 0.25) is 0 Å². The van der Waals surface area contributed by atoms with E-state index in [1.54, 1.807) is 11.8 Å². The Hall–Kier alpha value is -3.12. The largest absolute Gasteiger partial charge is 0.328 e. The number of nitrogens with zero attached hydrogens (tertiary/aromatic N) is 6. The van der Waals surface area contributed by atoms with E-state index in [9.17, 15) is 14.4 Å². The Morgan fingerprint density at radius 2 is 2.04 bits per heavy atom. The number of aromatic nitrogens is 4. The third kappa shape index (κ3) is 2.88. The Morgan fingerprint density at radius 3 is 2.67 bits per heavy atom. The van der Waals surface area contributed by atoms with Crippen molar-refractivity contribution in [1.82, 2.24) is 23.8 Å². The second-order valence-electron chi connectivity index (χ2n) is 6.26. The Labute approximate surface area is 158 Å². The SMILES string of the molecule is Cc1nsc(-c2nc(C#N)c3n2CCN(C(=O)c2ccc(F)cc2)C3C)n1. The highest BCUT2D eigenvalue weighted by molar-refractivity contribution is 7.09. The lowest BCUT2D eigenvalue weighted by Gasteiger charge is -2.35. The van der Waals surface area contributed by atoms with Gasteiger partial charge in [-0.25, -0.2) is 14.4 Å². The van der Waals surface area contributed by atoms with E-state index in [-0.39, 0.29) is 23.5 Å². The van der Waals surface area contributed by atoms with Crippen molar-refractivity contribution in [1.29, 1.82) is 5.26 Å². The number of fused-ring (bicyclic) bond motifs is 1. The summed E-state index contributed by atoms with van der Waals surface area (Å²) in [6.45, 7) is 4.62. The van der Waals surface area contributed by atoms with Crippen LogP contribution >= 0.6 is 11.5 Å². The number of hydrogen-bond acceptors (Lipinski definition) is 6. The molecule has 1 atom stereocenters. The average Bonchev–Trinajstić information content (AvgIpc) is 3.26. The molecular formula is C18H15FN6OS. The summed E-state index contributed by atoms with van der Waals surface area (Å²) in [4.78, 5) is 23.4.